The fourth-order valence-electron chi connectivity index (χ4n) is 1.81. The zero-order chi connectivity index (χ0) is 14.9. The molecule has 0 amide bonds. The Morgan fingerprint density at radius 3 is 2.19 bits per heavy atom. The number of hydrogen-bond donors (Lipinski definition) is 0. The van der Waals surface area contributed by atoms with Crippen molar-refractivity contribution in [3.05, 3.63) is 67.3 Å². The topological polar surface area (TPSA) is 39.9 Å². The molecule has 21 heavy (non-hydrogen) atoms. The highest BCUT2D eigenvalue weighted by Gasteiger charge is 1.98. The first-order valence-electron chi connectivity index (χ1n) is 7.02. The molecule has 1 aromatic heterocycles. The van der Waals surface area contributed by atoms with E-state index in [9.17, 15) is 0 Å². The van der Waals surface area contributed by atoms with Crippen molar-refractivity contribution >= 4 is 0 Å². The minimum absolute atomic E-state index is 0.366. The number of rotatable bonds is 4. The van der Waals surface area contributed by atoms with E-state index in [1.165, 1.54) is 17.5 Å². The SMILES string of the molecule is CC.c1ccc(-c2ccc(OCn3cncn3)cc2)cc1. The van der Waals surface area contributed by atoms with E-state index < -0.39 is 0 Å². The lowest BCUT2D eigenvalue weighted by molar-refractivity contribution is 0.220. The summed E-state index contributed by atoms with van der Waals surface area (Å²) in [5, 5.41) is 3.98. The van der Waals surface area contributed by atoms with Crippen molar-refractivity contribution in [2.45, 2.75) is 20.6 Å². The average Bonchev–Trinajstić information content (AvgIpc) is 3.10. The van der Waals surface area contributed by atoms with Crippen molar-refractivity contribution in [3.63, 3.8) is 0 Å². The molecule has 4 heteroatoms. The second-order valence-electron chi connectivity index (χ2n) is 4.10. The van der Waals surface area contributed by atoms with Crippen LogP contribution in [0.2, 0.25) is 0 Å². The maximum atomic E-state index is 5.60. The molecule has 0 aliphatic rings. The van der Waals surface area contributed by atoms with Gasteiger partial charge in [-0.3, -0.25) is 0 Å². The maximum absolute atomic E-state index is 5.60. The Morgan fingerprint density at radius 1 is 0.905 bits per heavy atom. The molecular weight excluding hydrogens is 262 g/mol. The minimum Gasteiger partial charge on any atom is -0.471 e. The number of ether oxygens (including phenoxy) is 1. The van der Waals surface area contributed by atoms with Crippen LogP contribution in [-0.4, -0.2) is 14.8 Å². The fraction of sp³-hybridized carbons (Fsp3) is 0.176. The zero-order valence-corrected chi connectivity index (χ0v) is 12.3. The summed E-state index contributed by atoms with van der Waals surface area (Å²) < 4.78 is 7.23. The molecular formula is C17H19N3O. The quantitative estimate of drug-likeness (QED) is 0.725. The largest absolute Gasteiger partial charge is 0.471 e. The third-order valence-corrected chi connectivity index (χ3v) is 2.79. The molecule has 0 saturated carbocycles. The molecule has 4 nitrogen and oxygen atoms in total. The number of benzene rings is 2. The van der Waals surface area contributed by atoms with Crippen LogP contribution in [0.15, 0.2) is 67.3 Å². The van der Waals surface area contributed by atoms with E-state index >= 15 is 0 Å². The Morgan fingerprint density at radius 2 is 1.57 bits per heavy atom. The van der Waals surface area contributed by atoms with Gasteiger partial charge in [-0.05, 0) is 23.3 Å². The lowest BCUT2D eigenvalue weighted by Gasteiger charge is -2.07. The molecule has 0 N–H and O–H groups in total. The molecule has 3 rings (SSSR count). The summed E-state index contributed by atoms with van der Waals surface area (Å²) in [7, 11) is 0. The lowest BCUT2D eigenvalue weighted by atomic mass is 10.1. The van der Waals surface area contributed by atoms with Gasteiger partial charge in [-0.25, -0.2) is 9.67 Å². The third-order valence-electron chi connectivity index (χ3n) is 2.79. The standard InChI is InChI=1S/C15H13N3O.C2H6/c1-2-4-13(5-3-1)14-6-8-15(9-7-14)19-12-18-11-16-10-17-18;1-2/h1-11H,12H2;1-2H3. The summed E-state index contributed by atoms with van der Waals surface area (Å²) in [5.41, 5.74) is 2.37. The van der Waals surface area contributed by atoms with Crippen molar-refractivity contribution < 1.29 is 4.74 Å². The van der Waals surface area contributed by atoms with Crippen molar-refractivity contribution in [3.8, 4) is 16.9 Å². The van der Waals surface area contributed by atoms with E-state index in [0.29, 0.717) is 6.73 Å². The second-order valence-corrected chi connectivity index (χ2v) is 4.10. The van der Waals surface area contributed by atoms with Gasteiger partial charge in [0.1, 0.15) is 18.4 Å². The molecule has 0 aliphatic carbocycles. The van der Waals surface area contributed by atoms with Gasteiger partial charge < -0.3 is 4.74 Å². The predicted molar refractivity (Wildman–Crippen MR) is 83.9 cm³/mol. The number of aromatic nitrogens is 3. The molecule has 0 radical (unpaired) electrons. The van der Waals surface area contributed by atoms with Gasteiger partial charge >= 0.3 is 0 Å². The van der Waals surface area contributed by atoms with Crippen molar-refractivity contribution in [2.24, 2.45) is 0 Å². The Kier molecular flexibility index (Phi) is 5.52. The molecule has 0 atom stereocenters. The Bertz CT molecular complexity index is 619. The minimum atomic E-state index is 0.366. The average molecular weight is 281 g/mol. The van der Waals surface area contributed by atoms with Crippen molar-refractivity contribution in [2.75, 3.05) is 0 Å². The van der Waals surface area contributed by atoms with E-state index in [0.717, 1.165) is 5.75 Å². The van der Waals surface area contributed by atoms with Crippen LogP contribution in [0.4, 0.5) is 0 Å². The van der Waals surface area contributed by atoms with Crippen LogP contribution in [0.1, 0.15) is 13.8 Å². The van der Waals surface area contributed by atoms with Gasteiger partial charge in [-0.2, -0.15) is 5.10 Å². The summed E-state index contributed by atoms with van der Waals surface area (Å²) in [4.78, 5) is 3.86. The van der Waals surface area contributed by atoms with Crippen molar-refractivity contribution in [1.29, 1.82) is 0 Å². The summed E-state index contributed by atoms with van der Waals surface area (Å²) >= 11 is 0. The molecule has 0 bridgehead atoms. The van der Waals surface area contributed by atoms with Gasteiger partial charge in [-0.15, -0.1) is 0 Å². The summed E-state index contributed by atoms with van der Waals surface area (Å²) in [6.45, 7) is 4.37. The zero-order valence-electron chi connectivity index (χ0n) is 12.3. The van der Waals surface area contributed by atoms with Gasteiger partial charge in [0.15, 0.2) is 6.73 Å². The monoisotopic (exact) mass is 281 g/mol. The van der Waals surface area contributed by atoms with Crippen LogP contribution in [0.5, 0.6) is 5.75 Å². The molecule has 1 heterocycles. The van der Waals surface area contributed by atoms with Crippen LogP contribution in [0.25, 0.3) is 11.1 Å². The van der Waals surface area contributed by atoms with Crippen molar-refractivity contribution in [1.82, 2.24) is 14.8 Å². The number of hydrogen-bond acceptors (Lipinski definition) is 3. The van der Waals surface area contributed by atoms with Gasteiger partial charge in [0.25, 0.3) is 0 Å². The lowest BCUT2D eigenvalue weighted by Crippen LogP contribution is -2.05. The highest BCUT2D eigenvalue weighted by atomic mass is 16.5. The first-order valence-corrected chi connectivity index (χ1v) is 7.02. The molecule has 2 aromatic carbocycles. The first kappa shape index (κ1) is 14.8. The third kappa shape index (κ3) is 4.18. The van der Waals surface area contributed by atoms with E-state index in [-0.39, 0.29) is 0 Å². The second kappa shape index (κ2) is 7.85. The highest BCUT2D eigenvalue weighted by Crippen LogP contribution is 2.22. The summed E-state index contributed by atoms with van der Waals surface area (Å²) in [5.74, 6) is 0.815. The van der Waals surface area contributed by atoms with E-state index in [1.54, 1.807) is 11.0 Å². The van der Waals surface area contributed by atoms with Crippen LogP contribution < -0.4 is 4.74 Å². The van der Waals surface area contributed by atoms with Crippen LogP contribution in [0, 0.1) is 0 Å². The molecule has 0 aliphatic heterocycles. The Hall–Kier alpha value is -2.62. The molecule has 0 spiro atoms. The normalized spacial score (nSPS) is 9.62. The highest BCUT2D eigenvalue weighted by molar-refractivity contribution is 5.63. The predicted octanol–water partition coefficient (Wildman–Crippen LogP) is 4.01. The van der Waals surface area contributed by atoms with Crippen LogP contribution in [-0.2, 0) is 6.73 Å². The summed E-state index contributed by atoms with van der Waals surface area (Å²) in [6.07, 6.45) is 3.11. The van der Waals surface area contributed by atoms with Crippen LogP contribution in [0.3, 0.4) is 0 Å². The molecule has 0 saturated heterocycles. The van der Waals surface area contributed by atoms with E-state index in [1.807, 2.05) is 56.3 Å². The summed E-state index contributed by atoms with van der Waals surface area (Å²) in [6, 6.07) is 18.3. The number of nitrogens with zero attached hydrogens (tertiary/aromatic N) is 3. The molecule has 0 fully saturated rings. The van der Waals surface area contributed by atoms with Crippen LogP contribution >= 0.6 is 0 Å². The molecule has 3 aromatic rings. The van der Waals surface area contributed by atoms with Gasteiger partial charge in [0, 0.05) is 0 Å². The van der Waals surface area contributed by atoms with Gasteiger partial charge in [0.05, 0.1) is 0 Å². The maximum Gasteiger partial charge on any atom is 0.182 e. The fourth-order valence-corrected chi connectivity index (χ4v) is 1.81. The van der Waals surface area contributed by atoms with E-state index in [4.69, 9.17) is 4.74 Å². The Balaban J connectivity index is 0.000000774. The molecule has 108 valence electrons. The Labute approximate surface area is 125 Å². The first-order chi connectivity index (χ1) is 10.4. The van der Waals surface area contributed by atoms with E-state index in [2.05, 4.69) is 22.2 Å². The van der Waals surface area contributed by atoms with Gasteiger partial charge in [-0.1, -0.05) is 56.3 Å². The van der Waals surface area contributed by atoms with Gasteiger partial charge in [0.2, 0.25) is 0 Å². The smallest absolute Gasteiger partial charge is 0.182 e. The molecule has 0 unspecified atom stereocenters.